The van der Waals surface area contributed by atoms with Gasteiger partial charge in [-0.15, -0.1) is 0 Å². The largest absolute Gasteiger partial charge is 0.485 e. The molecule has 0 spiro atoms. The van der Waals surface area contributed by atoms with E-state index in [1.807, 2.05) is 60.7 Å². The number of nitrogens with zero attached hydrogens (tertiary/aromatic N) is 1. The van der Waals surface area contributed by atoms with E-state index in [4.69, 9.17) is 14.2 Å². The monoisotopic (exact) mass is 554 g/mol. The second kappa shape index (κ2) is 14.3. The molecule has 0 saturated heterocycles. The van der Waals surface area contributed by atoms with Crippen LogP contribution in [-0.4, -0.2) is 30.0 Å². The van der Waals surface area contributed by atoms with E-state index in [1.54, 1.807) is 24.3 Å². The molecule has 4 aromatic carbocycles. The smallest absolute Gasteiger partial charge is 0.328 e. The average Bonchev–Trinajstić information content (AvgIpc) is 3.00. The van der Waals surface area contributed by atoms with Gasteiger partial charge >= 0.3 is 5.97 Å². The van der Waals surface area contributed by atoms with E-state index in [-0.39, 0.29) is 18.5 Å². The number of methoxy groups -OCH3 is 1. The molecule has 1 amide bonds. The Morgan fingerprint density at radius 1 is 0.756 bits per heavy atom. The molecule has 0 aliphatic heterocycles. The quantitative estimate of drug-likeness (QED) is 0.137. The first kappa shape index (κ1) is 28.8. The molecule has 1 N–H and O–H groups in total. The average molecular weight is 555 g/mol. The Morgan fingerprint density at radius 3 is 1.98 bits per heavy atom. The Labute approximate surface area is 237 Å². The molecule has 0 bridgehead atoms. The standard InChI is InChI=1S/C32H30N2O7/c1-39-32(36)28(33-31(35)20-25-13-8-14-27(17-25)34(37)38)18-26-15-16-29(40-21-23-9-4-2-5-10-23)30(19-26)41-22-24-11-6-3-7-12-24/h2-17,19,28H,18,20-22H2,1H3,(H,33,35)/t28-/m1/s1. The predicted molar refractivity (Wildman–Crippen MR) is 152 cm³/mol. The number of ether oxygens (including phenoxy) is 3. The van der Waals surface area contributed by atoms with E-state index in [9.17, 15) is 19.7 Å². The van der Waals surface area contributed by atoms with Crippen molar-refractivity contribution >= 4 is 17.6 Å². The number of esters is 1. The number of nitro benzene ring substituents is 1. The minimum absolute atomic E-state index is 0.113. The molecular formula is C32H30N2O7. The maximum absolute atomic E-state index is 12.8. The van der Waals surface area contributed by atoms with E-state index in [0.29, 0.717) is 35.8 Å². The molecule has 0 aliphatic rings. The molecule has 1 atom stereocenters. The first-order chi connectivity index (χ1) is 19.9. The number of rotatable bonds is 13. The van der Waals surface area contributed by atoms with E-state index < -0.39 is 22.8 Å². The summed E-state index contributed by atoms with van der Waals surface area (Å²) in [5, 5.41) is 13.8. The molecule has 9 nitrogen and oxygen atoms in total. The van der Waals surface area contributed by atoms with Crippen LogP contribution in [0.2, 0.25) is 0 Å². The van der Waals surface area contributed by atoms with Gasteiger partial charge in [0.25, 0.3) is 5.69 Å². The van der Waals surface area contributed by atoms with Gasteiger partial charge in [0.1, 0.15) is 19.3 Å². The summed E-state index contributed by atoms with van der Waals surface area (Å²) in [5.41, 5.74) is 3.04. The predicted octanol–water partition coefficient (Wildman–Crippen LogP) is 5.20. The van der Waals surface area contributed by atoms with Gasteiger partial charge in [-0.25, -0.2) is 4.79 Å². The maximum Gasteiger partial charge on any atom is 0.328 e. The van der Waals surface area contributed by atoms with Gasteiger partial charge in [0, 0.05) is 18.6 Å². The fourth-order valence-corrected chi connectivity index (χ4v) is 4.16. The highest BCUT2D eigenvalue weighted by atomic mass is 16.6. The Morgan fingerprint density at radius 2 is 1.37 bits per heavy atom. The van der Waals surface area contributed by atoms with Crippen molar-refractivity contribution in [1.82, 2.24) is 5.32 Å². The van der Waals surface area contributed by atoms with E-state index in [0.717, 1.165) is 11.1 Å². The van der Waals surface area contributed by atoms with Gasteiger partial charge in [-0.3, -0.25) is 14.9 Å². The fraction of sp³-hybridized carbons (Fsp3) is 0.188. The summed E-state index contributed by atoms with van der Waals surface area (Å²) in [7, 11) is 1.25. The zero-order chi connectivity index (χ0) is 29.0. The van der Waals surface area contributed by atoms with Gasteiger partial charge in [-0.2, -0.15) is 0 Å². The number of amides is 1. The first-order valence-corrected chi connectivity index (χ1v) is 13.0. The Bertz CT molecular complexity index is 1480. The summed E-state index contributed by atoms with van der Waals surface area (Å²) in [4.78, 5) is 35.9. The van der Waals surface area contributed by atoms with Crippen molar-refractivity contribution in [3.63, 3.8) is 0 Å². The van der Waals surface area contributed by atoms with Crippen molar-refractivity contribution < 1.29 is 28.7 Å². The Balaban J connectivity index is 1.50. The summed E-state index contributed by atoms with van der Waals surface area (Å²) >= 11 is 0. The van der Waals surface area contributed by atoms with E-state index >= 15 is 0 Å². The first-order valence-electron chi connectivity index (χ1n) is 13.0. The number of nitrogens with one attached hydrogen (secondary N) is 1. The second-order valence-corrected chi connectivity index (χ2v) is 9.28. The molecule has 0 radical (unpaired) electrons. The van der Waals surface area contributed by atoms with Crippen molar-refractivity contribution in [2.75, 3.05) is 7.11 Å². The summed E-state index contributed by atoms with van der Waals surface area (Å²) < 4.78 is 17.1. The van der Waals surface area contributed by atoms with Gasteiger partial charge in [0.2, 0.25) is 5.91 Å². The highest BCUT2D eigenvalue weighted by molar-refractivity contribution is 5.86. The summed E-state index contributed by atoms with van der Waals surface area (Å²) in [6.07, 6.45) is 0.000881. The number of non-ortho nitro benzene ring substituents is 1. The number of benzene rings is 4. The third-order valence-electron chi connectivity index (χ3n) is 6.23. The van der Waals surface area contributed by atoms with Gasteiger partial charge in [-0.05, 0) is 34.4 Å². The van der Waals surface area contributed by atoms with Crippen LogP contribution in [0.5, 0.6) is 11.5 Å². The summed E-state index contributed by atoms with van der Waals surface area (Å²) in [6, 6.07) is 29.6. The van der Waals surface area contributed by atoms with Crippen LogP contribution in [-0.2, 0) is 40.4 Å². The van der Waals surface area contributed by atoms with Crippen molar-refractivity contribution in [2.24, 2.45) is 0 Å². The lowest BCUT2D eigenvalue weighted by Gasteiger charge is -2.19. The molecule has 41 heavy (non-hydrogen) atoms. The van der Waals surface area contributed by atoms with Gasteiger partial charge in [0.15, 0.2) is 11.5 Å². The molecule has 9 heteroatoms. The third-order valence-corrected chi connectivity index (χ3v) is 6.23. The van der Waals surface area contributed by atoms with Crippen molar-refractivity contribution in [1.29, 1.82) is 0 Å². The molecular weight excluding hydrogens is 524 g/mol. The summed E-state index contributed by atoms with van der Waals surface area (Å²) in [5.74, 6) is -0.0514. The molecule has 0 aromatic heterocycles. The molecule has 0 heterocycles. The van der Waals surface area contributed by atoms with Crippen LogP contribution in [0.25, 0.3) is 0 Å². The van der Waals surface area contributed by atoms with Gasteiger partial charge in [0.05, 0.1) is 18.5 Å². The number of carbonyl (C=O) groups is 2. The minimum atomic E-state index is -0.982. The van der Waals surface area contributed by atoms with Crippen LogP contribution >= 0.6 is 0 Å². The Kier molecular flexibility index (Phi) is 10.0. The highest BCUT2D eigenvalue weighted by Crippen LogP contribution is 2.31. The van der Waals surface area contributed by atoms with Crippen LogP contribution in [0, 0.1) is 10.1 Å². The topological polar surface area (TPSA) is 117 Å². The van der Waals surface area contributed by atoms with E-state index in [1.165, 1.54) is 25.3 Å². The number of carbonyl (C=O) groups excluding carboxylic acids is 2. The van der Waals surface area contributed by atoms with Crippen molar-refractivity contribution in [3.8, 4) is 11.5 Å². The minimum Gasteiger partial charge on any atom is -0.485 e. The second-order valence-electron chi connectivity index (χ2n) is 9.28. The lowest BCUT2D eigenvalue weighted by atomic mass is 10.0. The zero-order valence-corrected chi connectivity index (χ0v) is 22.5. The van der Waals surface area contributed by atoms with Crippen molar-refractivity contribution in [3.05, 3.63) is 135 Å². The molecule has 0 fully saturated rings. The SMILES string of the molecule is COC(=O)[C@@H](Cc1ccc(OCc2ccccc2)c(OCc2ccccc2)c1)NC(=O)Cc1cccc([N+](=O)[O-])c1. The zero-order valence-electron chi connectivity index (χ0n) is 22.5. The molecule has 0 aliphatic carbocycles. The summed E-state index contributed by atoms with van der Waals surface area (Å²) in [6.45, 7) is 0.659. The van der Waals surface area contributed by atoms with Gasteiger partial charge in [-0.1, -0.05) is 78.9 Å². The maximum atomic E-state index is 12.8. The van der Waals surface area contributed by atoms with Crippen LogP contribution in [0.4, 0.5) is 5.69 Å². The van der Waals surface area contributed by atoms with Crippen LogP contribution in [0.15, 0.2) is 103 Å². The molecule has 210 valence electrons. The van der Waals surface area contributed by atoms with Gasteiger partial charge < -0.3 is 19.5 Å². The normalized spacial score (nSPS) is 11.2. The van der Waals surface area contributed by atoms with Crippen molar-refractivity contribution in [2.45, 2.75) is 32.1 Å². The lowest BCUT2D eigenvalue weighted by molar-refractivity contribution is -0.384. The molecule has 4 rings (SSSR count). The third kappa shape index (κ3) is 8.66. The molecule has 4 aromatic rings. The van der Waals surface area contributed by atoms with Crippen LogP contribution in [0.1, 0.15) is 22.3 Å². The number of hydrogen-bond acceptors (Lipinski definition) is 7. The Hall–Kier alpha value is -5.18. The van der Waals surface area contributed by atoms with Crippen LogP contribution in [0.3, 0.4) is 0 Å². The number of nitro groups is 1. The highest BCUT2D eigenvalue weighted by Gasteiger charge is 2.23. The van der Waals surface area contributed by atoms with Crippen LogP contribution < -0.4 is 14.8 Å². The molecule has 0 unspecified atom stereocenters. The molecule has 0 saturated carbocycles. The number of hydrogen-bond donors (Lipinski definition) is 1. The fourth-order valence-electron chi connectivity index (χ4n) is 4.16. The lowest BCUT2D eigenvalue weighted by Crippen LogP contribution is -2.43. The van der Waals surface area contributed by atoms with E-state index in [2.05, 4.69) is 5.32 Å².